The number of hydrogen-bond donors (Lipinski definition) is 1. The number of nitriles is 1. The molecule has 0 aliphatic heterocycles. The molecule has 0 spiro atoms. The lowest BCUT2D eigenvalue weighted by Gasteiger charge is -2.29. The third-order valence-electron chi connectivity index (χ3n) is 3.76. The first-order valence-electron chi connectivity index (χ1n) is 7.29. The van der Waals surface area contributed by atoms with Crippen LogP contribution in [0.25, 0.3) is 0 Å². The molecule has 0 bridgehead atoms. The van der Waals surface area contributed by atoms with Gasteiger partial charge in [0.25, 0.3) is 5.56 Å². The molecule has 3 unspecified atom stereocenters. The fourth-order valence-electron chi connectivity index (χ4n) is 2.67. The van der Waals surface area contributed by atoms with E-state index in [9.17, 15) is 10.1 Å². The Bertz CT molecular complexity index is 549. The molecule has 1 aromatic heterocycles. The van der Waals surface area contributed by atoms with Crippen LogP contribution in [0.4, 0.5) is 0 Å². The Morgan fingerprint density at radius 2 is 2.35 bits per heavy atom. The van der Waals surface area contributed by atoms with Gasteiger partial charge in [-0.25, -0.2) is 4.98 Å². The summed E-state index contributed by atoms with van der Waals surface area (Å²) in [5.41, 5.74) is 0.749. The van der Waals surface area contributed by atoms with E-state index in [-0.39, 0.29) is 16.7 Å². The molecule has 1 aliphatic rings. The summed E-state index contributed by atoms with van der Waals surface area (Å²) in [6.45, 7) is 4.30. The van der Waals surface area contributed by atoms with Gasteiger partial charge in [0, 0.05) is 17.0 Å². The van der Waals surface area contributed by atoms with Crippen molar-refractivity contribution >= 4 is 11.8 Å². The van der Waals surface area contributed by atoms with Crippen LogP contribution in [-0.4, -0.2) is 15.2 Å². The number of hydrogen-bond acceptors (Lipinski definition) is 4. The lowest BCUT2D eigenvalue weighted by molar-refractivity contribution is 0.345. The summed E-state index contributed by atoms with van der Waals surface area (Å²) in [5.74, 6) is 0.707. The number of aryl methyl sites for hydroxylation is 1. The van der Waals surface area contributed by atoms with E-state index in [0.717, 1.165) is 37.8 Å². The highest BCUT2D eigenvalue weighted by atomic mass is 32.2. The maximum Gasteiger partial charge on any atom is 0.251 e. The van der Waals surface area contributed by atoms with E-state index in [1.807, 2.05) is 0 Å². The topological polar surface area (TPSA) is 69.5 Å². The highest BCUT2D eigenvalue weighted by Crippen LogP contribution is 2.38. The lowest BCUT2D eigenvalue weighted by Crippen LogP contribution is -2.25. The molecule has 20 heavy (non-hydrogen) atoms. The maximum atomic E-state index is 11.7. The smallest absolute Gasteiger partial charge is 0.251 e. The summed E-state index contributed by atoms with van der Waals surface area (Å²) in [7, 11) is 0. The molecule has 1 aliphatic carbocycles. The fraction of sp³-hybridized carbons (Fsp3) is 0.667. The Hall–Kier alpha value is -1.28. The second-order valence-electron chi connectivity index (χ2n) is 5.60. The van der Waals surface area contributed by atoms with Gasteiger partial charge in [-0.15, -0.1) is 0 Å². The van der Waals surface area contributed by atoms with Crippen LogP contribution in [0.15, 0.2) is 16.0 Å². The molecular weight excluding hydrogens is 270 g/mol. The van der Waals surface area contributed by atoms with E-state index in [1.165, 1.54) is 0 Å². The number of rotatable bonds is 4. The third kappa shape index (κ3) is 3.86. The van der Waals surface area contributed by atoms with E-state index in [2.05, 4.69) is 29.9 Å². The quantitative estimate of drug-likeness (QED) is 0.865. The average Bonchev–Trinajstić information content (AvgIpc) is 2.38. The van der Waals surface area contributed by atoms with Crippen molar-refractivity contribution in [3.8, 4) is 6.07 Å². The summed E-state index contributed by atoms with van der Waals surface area (Å²) >= 11 is 1.57. The molecule has 1 saturated carbocycles. The number of aromatic nitrogens is 2. The zero-order valence-electron chi connectivity index (χ0n) is 12.1. The number of nitrogens with one attached hydrogen (secondary N) is 1. The molecule has 0 amide bonds. The van der Waals surface area contributed by atoms with Crippen molar-refractivity contribution in [2.24, 2.45) is 11.8 Å². The minimum absolute atomic E-state index is 0.0660. The summed E-state index contributed by atoms with van der Waals surface area (Å²) in [6, 6.07) is 3.98. The first-order valence-corrected chi connectivity index (χ1v) is 8.16. The van der Waals surface area contributed by atoms with Crippen LogP contribution in [0.5, 0.6) is 0 Å². The predicted octanol–water partition coefficient (Wildman–Crippen LogP) is 3.14. The van der Waals surface area contributed by atoms with E-state index in [1.54, 1.807) is 17.8 Å². The lowest BCUT2D eigenvalue weighted by atomic mass is 9.83. The van der Waals surface area contributed by atoms with Crippen molar-refractivity contribution in [3.05, 3.63) is 22.1 Å². The zero-order valence-corrected chi connectivity index (χ0v) is 12.9. The van der Waals surface area contributed by atoms with Gasteiger partial charge in [-0.1, -0.05) is 32.0 Å². The van der Waals surface area contributed by atoms with Crippen LogP contribution >= 0.6 is 11.8 Å². The van der Waals surface area contributed by atoms with Crippen LogP contribution < -0.4 is 5.56 Å². The highest BCUT2D eigenvalue weighted by molar-refractivity contribution is 7.99. The predicted molar refractivity (Wildman–Crippen MR) is 80.6 cm³/mol. The summed E-state index contributed by atoms with van der Waals surface area (Å²) in [5, 5.41) is 10.2. The van der Waals surface area contributed by atoms with E-state index in [0.29, 0.717) is 11.1 Å². The van der Waals surface area contributed by atoms with Gasteiger partial charge >= 0.3 is 0 Å². The molecule has 4 nitrogen and oxygen atoms in total. The molecule has 2 rings (SSSR count). The summed E-state index contributed by atoms with van der Waals surface area (Å²) in [4.78, 5) is 19.0. The highest BCUT2D eigenvalue weighted by Gasteiger charge is 2.30. The molecule has 3 atom stereocenters. The standard InChI is InChI=1S/C15H21N3OS/c1-3-4-12-8-14(19)18-15(17-12)20-13-7-10(2)5-6-11(13)9-16/h8,10-11,13H,3-7H2,1-2H3,(H,17,18,19). The van der Waals surface area contributed by atoms with Gasteiger partial charge in [-0.2, -0.15) is 5.26 Å². The van der Waals surface area contributed by atoms with Gasteiger partial charge in [0.15, 0.2) is 5.16 Å². The van der Waals surface area contributed by atoms with Crippen molar-refractivity contribution in [3.63, 3.8) is 0 Å². The molecule has 0 radical (unpaired) electrons. The minimum atomic E-state index is -0.0942. The second kappa shape index (κ2) is 6.94. The number of aromatic amines is 1. The van der Waals surface area contributed by atoms with Crippen LogP contribution in [0.2, 0.25) is 0 Å². The Balaban J connectivity index is 2.15. The Kier molecular flexibility index (Phi) is 5.24. The van der Waals surface area contributed by atoms with Crippen molar-refractivity contribution in [2.45, 2.75) is 56.4 Å². The monoisotopic (exact) mass is 291 g/mol. The maximum absolute atomic E-state index is 11.7. The molecule has 0 aromatic carbocycles. The first kappa shape index (κ1) is 15.1. The normalized spacial score (nSPS) is 26.1. The van der Waals surface area contributed by atoms with Crippen molar-refractivity contribution in [1.82, 2.24) is 9.97 Å². The molecule has 1 fully saturated rings. The fourth-order valence-corrected chi connectivity index (χ4v) is 4.08. The van der Waals surface area contributed by atoms with Crippen LogP contribution in [0, 0.1) is 23.2 Å². The summed E-state index contributed by atoms with van der Waals surface area (Å²) < 4.78 is 0. The van der Waals surface area contributed by atoms with Crippen molar-refractivity contribution < 1.29 is 0 Å². The molecule has 5 heteroatoms. The molecular formula is C15H21N3OS. The Labute approximate surface area is 124 Å². The van der Waals surface area contributed by atoms with E-state index >= 15 is 0 Å². The Morgan fingerprint density at radius 1 is 1.55 bits per heavy atom. The van der Waals surface area contributed by atoms with Crippen LogP contribution in [-0.2, 0) is 6.42 Å². The van der Waals surface area contributed by atoms with Gasteiger partial charge in [0.05, 0.1) is 12.0 Å². The SMILES string of the molecule is CCCc1cc(=O)[nH]c(SC2CC(C)CCC2C#N)n1. The molecule has 1 heterocycles. The molecule has 1 aromatic rings. The number of nitrogens with zero attached hydrogens (tertiary/aromatic N) is 2. The van der Waals surface area contributed by atoms with Gasteiger partial charge < -0.3 is 4.98 Å². The Morgan fingerprint density at radius 3 is 3.05 bits per heavy atom. The molecule has 0 saturated heterocycles. The minimum Gasteiger partial charge on any atom is -0.301 e. The zero-order chi connectivity index (χ0) is 14.5. The van der Waals surface area contributed by atoms with E-state index in [4.69, 9.17) is 0 Å². The van der Waals surface area contributed by atoms with Crippen molar-refractivity contribution in [2.75, 3.05) is 0 Å². The van der Waals surface area contributed by atoms with Gasteiger partial charge in [-0.05, 0) is 31.6 Å². The number of thioether (sulfide) groups is 1. The molecule has 108 valence electrons. The van der Waals surface area contributed by atoms with E-state index < -0.39 is 0 Å². The average molecular weight is 291 g/mol. The largest absolute Gasteiger partial charge is 0.301 e. The van der Waals surface area contributed by atoms with Crippen molar-refractivity contribution in [1.29, 1.82) is 5.26 Å². The van der Waals surface area contributed by atoms with Crippen LogP contribution in [0.3, 0.4) is 0 Å². The first-order chi connectivity index (χ1) is 9.62. The summed E-state index contributed by atoms with van der Waals surface area (Å²) in [6.07, 6.45) is 4.88. The number of H-pyrrole nitrogens is 1. The molecule has 1 N–H and O–H groups in total. The third-order valence-corrected chi connectivity index (χ3v) is 5.00. The van der Waals surface area contributed by atoms with Gasteiger partial charge in [0.1, 0.15) is 0 Å². The second-order valence-corrected chi connectivity index (χ2v) is 6.83. The van der Waals surface area contributed by atoms with Gasteiger partial charge in [0.2, 0.25) is 0 Å². The van der Waals surface area contributed by atoms with Gasteiger partial charge in [-0.3, -0.25) is 4.79 Å². The van der Waals surface area contributed by atoms with Crippen LogP contribution in [0.1, 0.15) is 45.2 Å².